The molecule has 0 saturated heterocycles. The Morgan fingerprint density at radius 2 is 1.95 bits per heavy atom. The maximum Gasteiger partial charge on any atom is 0.335 e. The van der Waals surface area contributed by atoms with E-state index < -0.39 is 5.97 Å². The Bertz CT molecular complexity index is 747. The SMILES string of the molecule is CNCCC=C(C(=O)O)c1cccc2c1Cc1ccccc1-2. The minimum Gasteiger partial charge on any atom is -0.478 e. The zero-order chi connectivity index (χ0) is 15.5. The van der Waals surface area contributed by atoms with Gasteiger partial charge >= 0.3 is 5.97 Å². The first-order chi connectivity index (χ1) is 10.7. The molecule has 2 aromatic rings. The van der Waals surface area contributed by atoms with Crippen molar-refractivity contribution in [2.24, 2.45) is 0 Å². The van der Waals surface area contributed by atoms with Gasteiger partial charge in [-0.3, -0.25) is 0 Å². The van der Waals surface area contributed by atoms with Gasteiger partial charge in [0.25, 0.3) is 0 Å². The molecular formula is C19H19NO2. The van der Waals surface area contributed by atoms with Crippen LogP contribution in [0.2, 0.25) is 0 Å². The lowest BCUT2D eigenvalue weighted by Crippen LogP contribution is -2.08. The van der Waals surface area contributed by atoms with Crippen molar-refractivity contribution in [3.63, 3.8) is 0 Å². The van der Waals surface area contributed by atoms with E-state index in [4.69, 9.17) is 0 Å². The number of nitrogens with one attached hydrogen (secondary N) is 1. The van der Waals surface area contributed by atoms with Crippen LogP contribution in [0.15, 0.2) is 48.5 Å². The lowest BCUT2D eigenvalue weighted by molar-refractivity contribution is -0.130. The molecule has 0 amide bonds. The predicted octanol–water partition coefficient (Wildman–Crippen LogP) is 3.34. The molecular weight excluding hydrogens is 274 g/mol. The van der Waals surface area contributed by atoms with Gasteiger partial charge < -0.3 is 10.4 Å². The molecule has 1 aliphatic carbocycles. The molecule has 3 heteroatoms. The third-order valence-electron chi connectivity index (χ3n) is 4.11. The normalized spacial score (nSPS) is 12.9. The van der Waals surface area contributed by atoms with Crippen molar-refractivity contribution in [1.29, 1.82) is 0 Å². The van der Waals surface area contributed by atoms with Gasteiger partial charge in [-0.1, -0.05) is 48.5 Å². The van der Waals surface area contributed by atoms with Crippen LogP contribution in [0.5, 0.6) is 0 Å². The summed E-state index contributed by atoms with van der Waals surface area (Å²) in [5.41, 5.74) is 6.03. The van der Waals surface area contributed by atoms with Crippen molar-refractivity contribution in [3.05, 3.63) is 65.2 Å². The van der Waals surface area contributed by atoms with E-state index in [-0.39, 0.29) is 0 Å². The zero-order valence-corrected chi connectivity index (χ0v) is 12.6. The third-order valence-corrected chi connectivity index (χ3v) is 4.11. The molecule has 2 N–H and O–H groups in total. The quantitative estimate of drug-likeness (QED) is 0.560. The van der Waals surface area contributed by atoms with Gasteiger partial charge in [0.1, 0.15) is 0 Å². The number of carboxylic acids is 1. The van der Waals surface area contributed by atoms with E-state index in [0.717, 1.165) is 29.7 Å². The van der Waals surface area contributed by atoms with Crippen LogP contribution in [0.4, 0.5) is 0 Å². The fraction of sp³-hybridized carbons (Fsp3) is 0.211. The van der Waals surface area contributed by atoms with Crippen LogP contribution in [0.25, 0.3) is 16.7 Å². The summed E-state index contributed by atoms with van der Waals surface area (Å²) in [4.78, 5) is 11.7. The van der Waals surface area contributed by atoms with Crippen LogP contribution in [0, 0.1) is 0 Å². The Morgan fingerprint density at radius 1 is 1.18 bits per heavy atom. The van der Waals surface area contributed by atoms with Crippen LogP contribution in [-0.4, -0.2) is 24.7 Å². The predicted molar refractivity (Wildman–Crippen MR) is 88.8 cm³/mol. The fourth-order valence-electron chi connectivity index (χ4n) is 3.08. The number of benzene rings is 2. The smallest absolute Gasteiger partial charge is 0.335 e. The molecule has 0 heterocycles. The van der Waals surface area contributed by atoms with Crippen molar-refractivity contribution in [2.75, 3.05) is 13.6 Å². The van der Waals surface area contributed by atoms with Gasteiger partial charge in [-0.25, -0.2) is 4.79 Å². The highest BCUT2D eigenvalue weighted by Gasteiger charge is 2.23. The summed E-state index contributed by atoms with van der Waals surface area (Å²) in [5, 5.41) is 12.6. The second-order valence-electron chi connectivity index (χ2n) is 5.48. The summed E-state index contributed by atoms with van der Waals surface area (Å²) in [6.07, 6.45) is 3.32. The van der Waals surface area contributed by atoms with Crippen molar-refractivity contribution >= 4 is 11.5 Å². The van der Waals surface area contributed by atoms with Crippen molar-refractivity contribution in [2.45, 2.75) is 12.8 Å². The molecule has 0 radical (unpaired) electrons. The van der Waals surface area contributed by atoms with E-state index >= 15 is 0 Å². The number of hydrogen-bond donors (Lipinski definition) is 2. The van der Waals surface area contributed by atoms with Crippen molar-refractivity contribution < 1.29 is 9.90 Å². The molecule has 0 saturated carbocycles. The zero-order valence-electron chi connectivity index (χ0n) is 12.6. The minimum atomic E-state index is -0.861. The largest absolute Gasteiger partial charge is 0.478 e. The van der Waals surface area contributed by atoms with E-state index in [1.54, 1.807) is 0 Å². The van der Waals surface area contributed by atoms with E-state index in [0.29, 0.717) is 12.0 Å². The second kappa shape index (κ2) is 6.16. The number of aliphatic carboxylic acids is 1. The summed E-state index contributed by atoms with van der Waals surface area (Å²) in [6.45, 7) is 0.770. The highest BCUT2D eigenvalue weighted by Crippen LogP contribution is 2.40. The van der Waals surface area contributed by atoms with E-state index in [1.165, 1.54) is 11.1 Å². The van der Waals surface area contributed by atoms with E-state index in [9.17, 15) is 9.90 Å². The third kappa shape index (κ3) is 2.55. The molecule has 112 valence electrons. The monoisotopic (exact) mass is 293 g/mol. The van der Waals surface area contributed by atoms with Crippen molar-refractivity contribution in [3.8, 4) is 11.1 Å². The Balaban J connectivity index is 2.06. The molecule has 0 spiro atoms. The molecule has 0 atom stereocenters. The van der Waals surface area contributed by atoms with Crippen molar-refractivity contribution in [1.82, 2.24) is 5.32 Å². The molecule has 0 aromatic heterocycles. The van der Waals surface area contributed by atoms with E-state index in [2.05, 4.69) is 23.5 Å². The number of carbonyl (C=O) groups is 1. The average molecular weight is 293 g/mol. The number of carboxylic acid groups (broad SMARTS) is 1. The van der Waals surface area contributed by atoms with Gasteiger partial charge in [-0.05, 0) is 54.3 Å². The Hall–Kier alpha value is -2.39. The second-order valence-corrected chi connectivity index (χ2v) is 5.48. The molecule has 0 unspecified atom stereocenters. The number of fused-ring (bicyclic) bond motifs is 3. The first-order valence-electron chi connectivity index (χ1n) is 7.51. The van der Waals surface area contributed by atoms with Crippen LogP contribution in [0.3, 0.4) is 0 Å². The van der Waals surface area contributed by atoms with Gasteiger partial charge in [0.2, 0.25) is 0 Å². The van der Waals surface area contributed by atoms with Crippen LogP contribution in [0.1, 0.15) is 23.1 Å². The maximum absolute atomic E-state index is 11.7. The molecule has 0 fully saturated rings. The van der Waals surface area contributed by atoms with Crippen LogP contribution in [-0.2, 0) is 11.2 Å². The van der Waals surface area contributed by atoms with Gasteiger partial charge in [-0.15, -0.1) is 0 Å². The Labute approximate surface area is 130 Å². The maximum atomic E-state index is 11.7. The molecule has 3 rings (SSSR count). The van der Waals surface area contributed by atoms with E-state index in [1.807, 2.05) is 37.4 Å². The first-order valence-corrected chi connectivity index (χ1v) is 7.51. The summed E-state index contributed by atoms with van der Waals surface area (Å²) < 4.78 is 0. The fourth-order valence-corrected chi connectivity index (χ4v) is 3.08. The molecule has 1 aliphatic rings. The number of hydrogen-bond acceptors (Lipinski definition) is 2. The average Bonchev–Trinajstić information content (AvgIpc) is 2.90. The highest BCUT2D eigenvalue weighted by atomic mass is 16.4. The lowest BCUT2D eigenvalue weighted by Gasteiger charge is -2.10. The molecule has 22 heavy (non-hydrogen) atoms. The highest BCUT2D eigenvalue weighted by molar-refractivity contribution is 6.16. The number of rotatable bonds is 5. The summed E-state index contributed by atoms with van der Waals surface area (Å²) >= 11 is 0. The summed E-state index contributed by atoms with van der Waals surface area (Å²) in [6, 6.07) is 14.2. The molecule has 2 aromatic carbocycles. The van der Waals surface area contributed by atoms with Gasteiger partial charge in [0.05, 0.1) is 5.57 Å². The Morgan fingerprint density at radius 3 is 2.73 bits per heavy atom. The van der Waals surface area contributed by atoms with Gasteiger partial charge in [0, 0.05) is 0 Å². The Kier molecular flexibility index (Phi) is 4.07. The van der Waals surface area contributed by atoms with Crippen LogP contribution < -0.4 is 5.32 Å². The first kappa shape index (κ1) is 14.5. The molecule has 0 bridgehead atoms. The molecule has 0 aliphatic heterocycles. The van der Waals surface area contributed by atoms with Gasteiger partial charge in [-0.2, -0.15) is 0 Å². The summed E-state index contributed by atoms with van der Waals surface area (Å²) in [7, 11) is 1.87. The lowest BCUT2D eigenvalue weighted by atomic mass is 9.95. The summed E-state index contributed by atoms with van der Waals surface area (Å²) in [5.74, 6) is -0.861. The topological polar surface area (TPSA) is 49.3 Å². The standard InChI is InChI=1S/C19H19NO2/c1-20-11-5-10-17(19(21)22)16-9-4-8-15-14-7-3-2-6-13(14)12-18(15)16/h2-4,6-10,20H,5,11-12H2,1H3,(H,21,22). The molecule has 3 nitrogen and oxygen atoms in total. The minimum absolute atomic E-state index is 0.403. The van der Waals surface area contributed by atoms with Crippen LogP contribution >= 0.6 is 0 Å². The van der Waals surface area contributed by atoms with Gasteiger partial charge in [0.15, 0.2) is 0 Å².